The number of aryl methyl sites for hydroxylation is 1. The van der Waals surface area contributed by atoms with Gasteiger partial charge < -0.3 is 0 Å². The van der Waals surface area contributed by atoms with Gasteiger partial charge in [-0.15, -0.1) is 0 Å². The molecule has 1 N–H and O–H groups in total. The van der Waals surface area contributed by atoms with Gasteiger partial charge in [0, 0.05) is 11.3 Å². The van der Waals surface area contributed by atoms with Gasteiger partial charge in [0.25, 0.3) is 5.91 Å². The third kappa shape index (κ3) is 2.17. The van der Waals surface area contributed by atoms with Crippen LogP contribution in [0.25, 0.3) is 0 Å². The molecule has 2 bridgehead atoms. The Morgan fingerprint density at radius 2 is 2.28 bits per heavy atom. The van der Waals surface area contributed by atoms with Gasteiger partial charge in [0.1, 0.15) is 0 Å². The molecular weight excluding hydrogens is 224 g/mol. The molecule has 1 amide bonds. The maximum absolute atomic E-state index is 11.9. The van der Waals surface area contributed by atoms with Crippen molar-refractivity contribution in [2.45, 2.75) is 32.6 Å². The summed E-state index contributed by atoms with van der Waals surface area (Å²) in [4.78, 5) is 11.9. The van der Waals surface area contributed by atoms with Crippen molar-refractivity contribution in [2.75, 3.05) is 0 Å². The summed E-state index contributed by atoms with van der Waals surface area (Å²) in [5.74, 6) is 1.35. The highest BCUT2D eigenvalue weighted by Crippen LogP contribution is 2.42. The van der Waals surface area contributed by atoms with E-state index in [1.807, 2.05) is 31.2 Å². The Labute approximate surface area is 107 Å². The van der Waals surface area contributed by atoms with Gasteiger partial charge in [0.15, 0.2) is 0 Å². The zero-order chi connectivity index (χ0) is 12.5. The molecule has 2 saturated carbocycles. The molecule has 3 nitrogen and oxygen atoms in total. The van der Waals surface area contributed by atoms with Gasteiger partial charge in [-0.3, -0.25) is 4.79 Å². The number of nitrogens with zero attached hydrogens (tertiary/aromatic N) is 1. The smallest absolute Gasteiger partial charge is 0.267 e. The minimum Gasteiger partial charge on any atom is -0.267 e. The van der Waals surface area contributed by atoms with Crippen molar-refractivity contribution in [2.24, 2.45) is 16.9 Å². The van der Waals surface area contributed by atoms with E-state index >= 15 is 0 Å². The first-order valence-corrected chi connectivity index (χ1v) is 6.66. The first kappa shape index (κ1) is 11.5. The molecule has 2 unspecified atom stereocenters. The summed E-state index contributed by atoms with van der Waals surface area (Å²) in [6.07, 6.45) is 4.96. The average Bonchev–Trinajstić information content (AvgIpc) is 2.98. The summed E-state index contributed by atoms with van der Waals surface area (Å²) in [7, 11) is 0. The van der Waals surface area contributed by atoms with Gasteiger partial charge >= 0.3 is 0 Å². The minimum absolute atomic E-state index is 0.103. The van der Waals surface area contributed by atoms with Crippen LogP contribution in [0.4, 0.5) is 0 Å². The van der Waals surface area contributed by atoms with Crippen LogP contribution in [0, 0.1) is 18.8 Å². The predicted molar refractivity (Wildman–Crippen MR) is 71.5 cm³/mol. The fourth-order valence-electron chi connectivity index (χ4n) is 3.14. The fourth-order valence-corrected chi connectivity index (χ4v) is 3.14. The Morgan fingerprint density at radius 1 is 1.39 bits per heavy atom. The molecule has 2 aliphatic carbocycles. The molecule has 3 heteroatoms. The maximum Gasteiger partial charge on any atom is 0.271 e. The van der Waals surface area contributed by atoms with Crippen molar-refractivity contribution < 1.29 is 4.79 Å². The zero-order valence-corrected chi connectivity index (χ0v) is 10.6. The molecular formula is C15H18N2O. The lowest BCUT2D eigenvalue weighted by Crippen LogP contribution is -2.21. The molecule has 0 aromatic heterocycles. The number of fused-ring (bicyclic) bond motifs is 2. The molecule has 0 heterocycles. The summed E-state index contributed by atoms with van der Waals surface area (Å²) in [6, 6.07) is 7.59. The quantitative estimate of drug-likeness (QED) is 0.796. The van der Waals surface area contributed by atoms with Crippen LogP contribution in [0.1, 0.15) is 41.6 Å². The number of rotatable bonds is 2. The monoisotopic (exact) mass is 242 g/mol. The lowest BCUT2D eigenvalue weighted by Gasteiger charge is -2.11. The molecule has 2 fully saturated rings. The zero-order valence-electron chi connectivity index (χ0n) is 10.6. The number of amides is 1. The SMILES string of the molecule is Cc1cccc(C(=O)NN=C2CC3CCC2C3)c1. The van der Waals surface area contributed by atoms with E-state index < -0.39 is 0 Å². The number of carbonyl (C=O) groups excluding carboxylic acids is 1. The molecule has 1 aromatic rings. The largest absolute Gasteiger partial charge is 0.271 e. The minimum atomic E-state index is -0.103. The van der Waals surface area contributed by atoms with Crippen molar-refractivity contribution >= 4 is 11.6 Å². The molecule has 0 spiro atoms. The molecule has 1 aromatic carbocycles. The summed E-state index contributed by atoms with van der Waals surface area (Å²) in [5.41, 5.74) is 5.68. The second-order valence-electron chi connectivity index (χ2n) is 5.49. The summed E-state index contributed by atoms with van der Waals surface area (Å²) in [6.45, 7) is 1.98. The third-order valence-electron chi connectivity index (χ3n) is 4.09. The molecule has 3 rings (SSSR count). The van der Waals surface area contributed by atoms with E-state index in [2.05, 4.69) is 10.5 Å². The number of hydrogen-bond acceptors (Lipinski definition) is 2. The van der Waals surface area contributed by atoms with Crippen LogP contribution in [0.15, 0.2) is 29.4 Å². The van der Waals surface area contributed by atoms with Gasteiger partial charge in [-0.05, 0) is 56.6 Å². The van der Waals surface area contributed by atoms with Crippen LogP contribution in [-0.4, -0.2) is 11.6 Å². The lowest BCUT2D eigenvalue weighted by molar-refractivity contribution is 0.0954. The van der Waals surface area contributed by atoms with Crippen molar-refractivity contribution in [3.63, 3.8) is 0 Å². The van der Waals surface area contributed by atoms with Crippen LogP contribution < -0.4 is 5.43 Å². The third-order valence-corrected chi connectivity index (χ3v) is 4.09. The van der Waals surface area contributed by atoms with Crippen LogP contribution in [0.5, 0.6) is 0 Å². The molecule has 2 aliphatic rings. The second-order valence-corrected chi connectivity index (χ2v) is 5.49. The average molecular weight is 242 g/mol. The van der Waals surface area contributed by atoms with E-state index in [1.165, 1.54) is 25.0 Å². The molecule has 18 heavy (non-hydrogen) atoms. The van der Waals surface area contributed by atoms with E-state index in [1.54, 1.807) is 0 Å². The number of carbonyl (C=O) groups is 1. The predicted octanol–water partition coefficient (Wildman–Crippen LogP) is 2.90. The molecule has 0 saturated heterocycles. The summed E-state index contributed by atoms with van der Waals surface area (Å²) in [5, 5.41) is 4.33. The highest BCUT2D eigenvalue weighted by Gasteiger charge is 2.36. The number of benzene rings is 1. The van der Waals surface area contributed by atoms with Crippen LogP contribution in [-0.2, 0) is 0 Å². The van der Waals surface area contributed by atoms with Gasteiger partial charge in [-0.25, -0.2) is 5.43 Å². The molecule has 0 aliphatic heterocycles. The Bertz CT molecular complexity index is 507. The van der Waals surface area contributed by atoms with E-state index in [0.29, 0.717) is 11.5 Å². The van der Waals surface area contributed by atoms with Crippen molar-refractivity contribution in [1.29, 1.82) is 0 Å². The Kier molecular flexibility index (Phi) is 2.90. The van der Waals surface area contributed by atoms with Crippen molar-refractivity contribution in [3.8, 4) is 0 Å². The molecule has 0 radical (unpaired) electrons. The highest BCUT2D eigenvalue weighted by atomic mass is 16.2. The normalized spacial score (nSPS) is 27.7. The van der Waals surface area contributed by atoms with E-state index in [0.717, 1.165) is 17.9 Å². The first-order chi connectivity index (χ1) is 8.72. The highest BCUT2D eigenvalue weighted by molar-refractivity contribution is 5.96. The maximum atomic E-state index is 11.9. The summed E-state index contributed by atoms with van der Waals surface area (Å²) < 4.78 is 0. The van der Waals surface area contributed by atoms with E-state index in [4.69, 9.17) is 0 Å². The number of hydrazone groups is 1. The first-order valence-electron chi connectivity index (χ1n) is 6.66. The Morgan fingerprint density at radius 3 is 2.94 bits per heavy atom. The fraction of sp³-hybridized carbons (Fsp3) is 0.467. The Balaban J connectivity index is 1.67. The van der Waals surface area contributed by atoms with Gasteiger partial charge in [0.05, 0.1) is 0 Å². The van der Waals surface area contributed by atoms with Crippen LogP contribution in [0.3, 0.4) is 0 Å². The van der Waals surface area contributed by atoms with E-state index in [9.17, 15) is 4.79 Å². The van der Waals surface area contributed by atoms with Gasteiger partial charge in [0.2, 0.25) is 0 Å². The summed E-state index contributed by atoms with van der Waals surface area (Å²) >= 11 is 0. The van der Waals surface area contributed by atoms with Gasteiger partial charge in [-0.2, -0.15) is 5.10 Å². The topological polar surface area (TPSA) is 41.5 Å². The van der Waals surface area contributed by atoms with Crippen molar-refractivity contribution in [3.05, 3.63) is 35.4 Å². The van der Waals surface area contributed by atoms with E-state index in [-0.39, 0.29) is 5.91 Å². The molecule has 2 atom stereocenters. The number of hydrogen-bond donors (Lipinski definition) is 1. The second kappa shape index (κ2) is 4.56. The van der Waals surface area contributed by atoms with Crippen LogP contribution >= 0.6 is 0 Å². The Hall–Kier alpha value is -1.64. The van der Waals surface area contributed by atoms with Crippen molar-refractivity contribution in [1.82, 2.24) is 5.43 Å². The standard InChI is InChI=1S/C15H18N2O/c1-10-3-2-4-13(7-10)15(18)17-16-14-9-11-5-6-12(14)8-11/h2-4,7,11-12H,5-6,8-9H2,1H3,(H,17,18). The lowest BCUT2D eigenvalue weighted by atomic mass is 9.99. The number of nitrogens with one attached hydrogen (secondary N) is 1. The molecule has 94 valence electrons. The van der Waals surface area contributed by atoms with Gasteiger partial charge in [-0.1, -0.05) is 17.7 Å². The van der Waals surface area contributed by atoms with Crippen LogP contribution in [0.2, 0.25) is 0 Å².